The number of rotatable bonds is 3. The number of hydrogen-bond donors (Lipinski definition) is 0. The van der Waals surface area contributed by atoms with Crippen LogP contribution in [0.1, 0.15) is 29.3 Å². The Kier molecular flexibility index (Phi) is 4.40. The lowest BCUT2D eigenvalue weighted by Gasteiger charge is -2.30. The zero-order valence-corrected chi connectivity index (χ0v) is 14.7. The molecular weight excluding hydrogens is 343 g/mol. The Morgan fingerprint density at radius 3 is 2.79 bits per heavy atom. The second kappa shape index (κ2) is 6.67. The normalized spacial score (nSPS) is 18.3. The molecule has 0 saturated heterocycles. The van der Waals surface area contributed by atoms with Crippen molar-refractivity contribution >= 4 is 23.2 Å². The highest BCUT2D eigenvalue weighted by Gasteiger charge is 2.28. The highest BCUT2D eigenvalue weighted by atomic mass is 35.5. The van der Waals surface area contributed by atoms with Crippen LogP contribution in [0.3, 0.4) is 0 Å². The summed E-state index contributed by atoms with van der Waals surface area (Å²) in [4.78, 5) is 2.48. The first kappa shape index (κ1) is 15.8. The molecule has 2 aromatic heterocycles. The van der Waals surface area contributed by atoms with Crippen molar-refractivity contribution in [1.29, 1.82) is 0 Å². The van der Waals surface area contributed by atoms with Gasteiger partial charge in [-0.1, -0.05) is 29.3 Å². The zero-order valence-electron chi connectivity index (χ0n) is 13.2. The molecule has 124 valence electrons. The van der Waals surface area contributed by atoms with E-state index in [4.69, 9.17) is 27.6 Å². The standard InChI is InChI=1S/C19H18Cl2N2O/c20-16-5-4-15(11-17(16)21)19-18-3-1-7-22(18)8-2-9-23(19)12-14-6-10-24-13-14/h1,3-7,10-11,13,19H,2,8-9,12H2. The highest BCUT2D eigenvalue weighted by molar-refractivity contribution is 6.42. The van der Waals surface area contributed by atoms with Gasteiger partial charge in [0.25, 0.3) is 0 Å². The molecule has 0 spiro atoms. The van der Waals surface area contributed by atoms with Crippen LogP contribution >= 0.6 is 23.2 Å². The monoisotopic (exact) mass is 360 g/mol. The molecule has 0 saturated carbocycles. The van der Waals surface area contributed by atoms with Gasteiger partial charge in [0.15, 0.2) is 0 Å². The third kappa shape index (κ3) is 3.00. The van der Waals surface area contributed by atoms with Crippen molar-refractivity contribution in [3.8, 4) is 0 Å². The maximum Gasteiger partial charge on any atom is 0.0947 e. The maximum atomic E-state index is 6.29. The fourth-order valence-corrected chi connectivity index (χ4v) is 3.80. The minimum absolute atomic E-state index is 0.146. The van der Waals surface area contributed by atoms with Crippen LogP contribution in [0.4, 0.5) is 0 Å². The summed E-state index contributed by atoms with van der Waals surface area (Å²) in [7, 11) is 0. The van der Waals surface area contributed by atoms with E-state index in [0.29, 0.717) is 10.0 Å². The topological polar surface area (TPSA) is 21.3 Å². The van der Waals surface area contributed by atoms with Gasteiger partial charge >= 0.3 is 0 Å². The Morgan fingerprint density at radius 1 is 1.08 bits per heavy atom. The third-order valence-electron chi connectivity index (χ3n) is 4.58. The van der Waals surface area contributed by atoms with Gasteiger partial charge in [0, 0.05) is 37.1 Å². The van der Waals surface area contributed by atoms with E-state index in [1.165, 1.54) is 11.3 Å². The molecule has 0 fully saturated rings. The molecule has 4 rings (SSSR count). The lowest BCUT2D eigenvalue weighted by atomic mass is 10.0. The van der Waals surface area contributed by atoms with Crippen LogP contribution in [0.2, 0.25) is 10.0 Å². The second-order valence-corrected chi connectivity index (χ2v) is 6.97. The number of fused-ring (bicyclic) bond motifs is 1. The summed E-state index contributed by atoms with van der Waals surface area (Å²) in [6, 6.07) is 12.4. The van der Waals surface area contributed by atoms with E-state index >= 15 is 0 Å². The van der Waals surface area contributed by atoms with Gasteiger partial charge in [-0.3, -0.25) is 4.90 Å². The van der Waals surface area contributed by atoms with E-state index < -0.39 is 0 Å². The third-order valence-corrected chi connectivity index (χ3v) is 5.32. The molecule has 0 bridgehead atoms. The van der Waals surface area contributed by atoms with Crippen molar-refractivity contribution in [3.63, 3.8) is 0 Å². The maximum absolute atomic E-state index is 6.29. The van der Waals surface area contributed by atoms with Crippen molar-refractivity contribution in [1.82, 2.24) is 9.47 Å². The molecule has 3 nitrogen and oxygen atoms in total. The van der Waals surface area contributed by atoms with Gasteiger partial charge in [0.05, 0.1) is 28.6 Å². The van der Waals surface area contributed by atoms with Crippen LogP contribution in [-0.4, -0.2) is 16.0 Å². The van der Waals surface area contributed by atoms with Crippen molar-refractivity contribution < 1.29 is 4.42 Å². The minimum Gasteiger partial charge on any atom is -0.472 e. The molecule has 1 unspecified atom stereocenters. The Labute approximate surface area is 151 Å². The second-order valence-electron chi connectivity index (χ2n) is 6.16. The molecule has 0 radical (unpaired) electrons. The van der Waals surface area contributed by atoms with Crippen LogP contribution in [0, 0.1) is 0 Å². The van der Waals surface area contributed by atoms with Gasteiger partial charge in [-0.15, -0.1) is 0 Å². The molecule has 1 aromatic carbocycles. The summed E-state index contributed by atoms with van der Waals surface area (Å²) < 4.78 is 7.58. The van der Waals surface area contributed by atoms with Gasteiger partial charge < -0.3 is 8.98 Å². The quantitative estimate of drug-likeness (QED) is 0.624. The van der Waals surface area contributed by atoms with Crippen LogP contribution in [0.5, 0.6) is 0 Å². The SMILES string of the molecule is Clc1ccc(C2c3cccn3CCCN2Cc2ccoc2)cc1Cl. The highest BCUT2D eigenvalue weighted by Crippen LogP contribution is 2.35. The van der Waals surface area contributed by atoms with Crippen molar-refractivity contribution in [3.05, 3.63) is 82.0 Å². The van der Waals surface area contributed by atoms with Crippen LogP contribution in [0.25, 0.3) is 0 Å². The number of aromatic nitrogens is 1. The number of aryl methyl sites for hydroxylation is 1. The number of hydrogen-bond acceptors (Lipinski definition) is 2. The molecule has 5 heteroatoms. The first-order valence-electron chi connectivity index (χ1n) is 8.07. The van der Waals surface area contributed by atoms with E-state index in [1.54, 1.807) is 6.26 Å². The van der Waals surface area contributed by atoms with Crippen LogP contribution in [0.15, 0.2) is 59.5 Å². The van der Waals surface area contributed by atoms with E-state index in [1.807, 2.05) is 24.5 Å². The summed E-state index contributed by atoms with van der Waals surface area (Å²) in [6.07, 6.45) is 6.80. The summed E-state index contributed by atoms with van der Waals surface area (Å²) in [5, 5.41) is 1.19. The van der Waals surface area contributed by atoms with Gasteiger partial charge in [-0.05, 0) is 42.3 Å². The summed E-state index contributed by atoms with van der Waals surface area (Å²) >= 11 is 12.4. The van der Waals surface area contributed by atoms with E-state index in [2.05, 4.69) is 33.9 Å². The first-order chi connectivity index (χ1) is 11.7. The summed E-state index contributed by atoms with van der Waals surface area (Å²) in [5.41, 5.74) is 3.63. The molecule has 24 heavy (non-hydrogen) atoms. The molecule has 1 atom stereocenters. The number of benzene rings is 1. The van der Waals surface area contributed by atoms with E-state index in [0.717, 1.165) is 31.6 Å². The fourth-order valence-electron chi connectivity index (χ4n) is 3.49. The number of halogens is 2. The van der Waals surface area contributed by atoms with Gasteiger partial charge in [0.1, 0.15) is 0 Å². The molecule has 1 aliphatic rings. The van der Waals surface area contributed by atoms with Gasteiger partial charge in [-0.2, -0.15) is 0 Å². The molecule has 0 amide bonds. The Bertz CT molecular complexity index is 826. The Morgan fingerprint density at radius 2 is 2.00 bits per heavy atom. The van der Waals surface area contributed by atoms with Crippen molar-refractivity contribution in [2.45, 2.75) is 25.6 Å². The Balaban J connectivity index is 1.77. The first-order valence-corrected chi connectivity index (χ1v) is 8.83. The van der Waals surface area contributed by atoms with Crippen LogP contribution < -0.4 is 0 Å². The largest absolute Gasteiger partial charge is 0.472 e. The summed E-state index contributed by atoms with van der Waals surface area (Å²) in [5.74, 6) is 0. The average molecular weight is 361 g/mol. The molecule has 1 aliphatic heterocycles. The Hall–Kier alpha value is -1.68. The average Bonchev–Trinajstić information content (AvgIpc) is 3.21. The molecular formula is C19H18Cl2N2O. The molecule has 3 aromatic rings. The summed E-state index contributed by atoms with van der Waals surface area (Å²) in [6.45, 7) is 2.88. The van der Waals surface area contributed by atoms with E-state index in [9.17, 15) is 0 Å². The van der Waals surface area contributed by atoms with Crippen molar-refractivity contribution in [2.24, 2.45) is 0 Å². The predicted octanol–water partition coefficient (Wildman–Crippen LogP) is 5.38. The van der Waals surface area contributed by atoms with Crippen LogP contribution in [-0.2, 0) is 13.1 Å². The minimum atomic E-state index is 0.146. The van der Waals surface area contributed by atoms with Crippen molar-refractivity contribution in [2.75, 3.05) is 6.54 Å². The van der Waals surface area contributed by atoms with Gasteiger partial charge in [-0.25, -0.2) is 0 Å². The van der Waals surface area contributed by atoms with Gasteiger partial charge in [0.2, 0.25) is 0 Å². The number of furan rings is 1. The van der Waals surface area contributed by atoms with E-state index in [-0.39, 0.29) is 6.04 Å². The fraction of sp³-hybridized carbons (Fsp3) is 0.263. The molecule has 0 N–H and O–H groups in total. The number of nitrogens with zero attached hydrogens (tertiary/aromatic N) is 2. The zero-order chi connectivity index (χ0) is 16.5. The predicted molar refractivity (Wildman–Crippen MR) is 96.5 cm³/mol. The smallest absolute Gasteiger partial charge is 0.0947 e. The lowest BCUT2D eigenvalue weighted by Crippen LogP contribution is -2.29. The molecule has 0 aliphatic carbocycles. The lowest BCUT2D eigenvalue weighted by molar-refractivity contribution is 0.220. The molecule has 3 heterocycles.